The lowest BCUT2D eigenvalue weighted by Gasteiger charge is -2.25. The van der Waals surface area contributed by atoms with E-state index < -0.39 is 0 Å². The summed E-state index contributed by atoms with van der Waals surface area (Å²) in [6, 6.07) is 4.15. The van der Waals surface area contributed by atoms with Crippen molar-refractivity contribution in [1.29, 1.82) is 0 Å². The van der Waals surface area contributed by atoms with Crippen LogP contribution in [0.25, 0.3) is 0 Å². The van der Waals surface area contributed by atoms with Gasteiger partial charge in [-0.3, -0.25) is 0 Å². The molecule has 1 aliphatic rings. The van der Waals surface area contributed by atoms with Crippen LogP contribution < -0.4 is 4.84 Å². The Hall–Kier alpha value is -0.190. The minimum atomic E-state index is 0.938. The highest BCUT2D eigenvalue weighted by Crippen LogP contribution is 2.29. The molecule has 0 bridgehead atoms. The van der Waals surface area contributed by atoms with Gasteiger partial charge in [-0.1, -0.05) is 20.4 Å². The third kappa shape index (κ3) is 2.93. The van der Waals surface area contributed by atoms with Crippen LogP contribution in [-0.2, 0) is 0 Å². The van der Waals surface area contributed by atoms with E-state index in [0.717, 1.165) is 18.0 Å². The molecule has 0 aromatic heterocycles. The zero-order chi connectivity index (χ0) is 11.5. The second-order valence-electron chi connectivity index (χ2n) is 4.06. The van der Waals surface area contributed by atoms with Gasteiger partial charge in [-0.15, -0.1) is 0 Å². The van der Waals surface area contributed by atoms with Gasteiger partial charge in [0.05, 0.1) is 0 Å². The molecule has 1 saturated heterocycles. The highest BCUT2D eigenvalue weighted by atomic mass is 79.9. The summed E-state index contributed by atoms with van der Waals surface area (Å²) in [5.74, 6) is 2.10. The molecule has 0 radical (unpaired) electrons. The Bertz CT molecular complexity index is 354. The second kappa shape index (κ2) is 5.43. The van der Waals surface area contributed by atoms with Crippen molar-refractivity contribution in [2.24, 2.45) is 0 Å². The van der Waals surface area contributed by atoms with Crippen LogP contribution in [0.2, 0.25) is 0 Å². The first kappa shape index (κ1) is 12.3. The number of rotatable bonds is 2. The average molecular weight is 302 g/mol. The average Bonchev–Trinajstić information content (AvgIpc) is 2.27. The van der Waals surface area contributed by atoms with Crippen LogP contribution >= 0.6 is 27.9 Å². The van der Waals surface area contributed by atoms with E-state index in [9.17, 15) is 0 Å². The van der Waals surface area contributed by atoms with E-state index in [1.807, 2.05) is 4.47 Å². The molecule has 0 spiro atoms. The van der Waals surface area contributed by atoms with Gasteiger partial charge in [0.2, 0.25) is 0 Å². The molecule has 1 heterocycles. The number of aryl methyl sites for hydroxylation is 2. The molecule has 1 aromatic rings. The van der Waals surface area contributed by atoms with Crippen molar-refractivity contribution in [1.82, 2.24) is 4.47 Å². The molecule has 2 nitrogen and oxygen atoms in total. The topological polar surface area (TPSA) is 12.5 Å². The van der Waals surface area contributed by atoms with Gasteiger partial charge in [0.1, 0.15) is 5.75 Å². The van der Waals surface area contributed by atoms with E-state index in [1.165, 1.54) is 28.4 Å². The van der Waals surface area contributed by atoms with Crippen LogP contribution in [0.4, 0.5) is 0 Å². The lowest BCUT2D eigenvalue weighted by Crippen LogP contribution is -2.25. The molecule has 0 aliphatic carbocycles. The first-order chi connectivity index (χ1) is 7.66. The van der Waals surface area contributed by atoms with Crippen molar-refractivity contribution in [2.45, 2.75) is 26.7 Å². The standard InChI is InChI=1S/C12H16BrNOS/c1-9-7-11(8-10(2)12(9)13)15-14-5-3-4-6-16-14/h7-8H,3-6H2,1-2H3. The van der Waals surface area contributed by atoms with E-state index in [4.69, 9.17) is 4.84 Å². The van der Waals surface area contributed by atoms with Crippen molar-refractivity contribution in [3.63, 3.8) is 0 Å². The Morgan fingerprint density at radius 2 is 1.94 bits per heavy atom. The van der Waals surface area contributed by atoms with Gasteiger partial charge in [0.15, 0.2) is 0 Å². The summed E-state index contributed by atoms with van der Waals surface area (Å²) >= 11 is 5.34. The maximum absolute atomic E-state index is 5.85. The lowest BCUT2D eigenvalue weighted by molar-refractivity contribution is 0.0448. The van der Waals surface area contributed by atoms with Crippen molar-refractivity contribution >= 4 is 27.9 Å². The van der Waals surface area contributed by atoms with E-state index >= 15 is 0 Å². The Morgan fingerprint density at radius 1 is 1.25 bits per heavy atom. The van der Waals surface area contributed by atoms with E-state index in [1.54, 1.807) is 11.9 Å². The molecule has 0 N–H and O–H groups in total. The van der Waals surface area contributed by atoms with Gasteiger partial charge in [-0.05, 0) is 61.9 Å². The predicted molar refractivity (Wildman–Crippen MR) is 72.6 cm³/mol. The fourth-order valence-corrected chi connectivity index (χ4v) is 2.89. The molecule has 1 aliphatic heterocycles. The van der Waals surface area contributed by atoms with E-state index in [0.29, 0.717) is 0 Å². The number of benzene rings is 1. The van der Waals surface area contributed by atoms with Crippen LogP contribution in [-0.4, -0.2) is 16.8 Å². The van der Waals surface area contributed by atoms with Crippen LogP contribution in [0, 0.1) is 13.8 Å². The van der Waals surface area contributed by atoms with Crippen LogP contribution in [0.15, 0.2) is 16.6 Å². The lowest BCUT2D eigenvalue weighted by atomic mass is 10.1. The molecule has 0 amide bonds. The number of hydrogen-bond acceptors (Lipinski definition) is 3. The largest absolute Gasteiger partial charge is 0.395 e. The summed E-state index contributed by atoms with van der Waals surface area (Å²) < 4.78 is 3.16. The van der Waals surface area contributed by atoms with E-state index in [2.05, 4.69) is 41.9 Å². The third-order valence-corrected chi connectivity index (χ3v) is 4.85. The minimum absolute atomic E-state index is 0.938. The summed E-state index contributed by atoms with van der Waals surface area (Å²) in [6.45, 7) is 5.19. The quantitative estimate of drug-likeness (QED) is 0.763. The first-order valence-electron chi connectivity index (χ1n) is 5.52. The molecule has 0 saturated carbocycles. The highest BCUT2D eigenvalue weighted by molar-refractivity contribution is 9.10. The molecule has 16 heavy (non-hydrogen) atoms. The maximum atomic E-state index is 5.85. The Morgan fingerprint density at radius 3 is 2.50 bits per heavy atom. The van der Waals surface area contributed by atoms with Crippen molar-refractivity contribution < 1.29 is 4.84 Å². The van der Waals surface area contributed by atoms with Crippen molar-refractivity contribution in [3.8, 4) is 5.75 Å². The summed E-state index contributed by atoms with van der Waals surface area (Å²) in [6.07, 6.45) is 2.52. The zero-order valence-corrected chi connectivity index (χ0v) is 12.0. The minimum Gasteiger partial charge on any atom is -0.395 e. The second-order valence-corrected chi connectivity index (χ2v) is 5.93. The molecule has 0 unspecified atom stereocenters. The number of nitrogens with zero attached hydrogens (tertiary/aromatic N) is 1. The number of halogens is 1. The summed E-state index contributed by atoms with van der Waals surface area (Å²) in [7, 11) is 0. The fraction of sp³-hybridized carbons (Fsp3) is 0.500. The SMILES string of the molecule is Cc1cc(ON2CCCCS2)cc(C)c1Br. The third-order valence-electron chi connectivity index (χ3n) is 2.59. The summed E-state index contributed by atoms with van der Waals surface area (Å²) in [5.41, 5.74) is 2.44. The summed E-state index contributed by atoms with van der Waals surface area (Å²) in [5, 5.41) is 0. The van der Waals surface area contributed by atoms with Crippen molar-refractivity contribution in [2.75, 3.05) is 12.3 Å². The molecule has 1 fully saturated rings. The van der Waals surface area contributed by atoms with Crippen LogP contribution in [0.5, 0.6) is 5.75 Å². The normalized spacial score (nSPS) is 17.4. The van der Waals surface area contributed by atoms with Gasteiger partial charge in [-0.25, -0.2) is 0 Å². The van der Waals surface area contributed by atoms with Gasteiger partial charge in [0, 0.05) is 16.8 Å². The Labute approximate surface area is 110 Å². The summed E-state index contributed by atoms with van der Waals surface area (Å²) in [4.78, 5) is 5.85. The molecule has 88 valence electrons. The molecule has 0 atom stereocenters. The first-order valence-corrected chi connectivity index (χ1v) is 7.25. The highest BCUT2D eigenvalue weighted by Gasteiger charge is 2.13. The van der Waals surface area contributed by atoms with Gasteiger partial charge in [0.25, 0.3) is 0 Å². The van der Waals surface area contributed by atoms with Crippen LogP contribution in [0.3, 0.4) is 0 Å². The van der Waals surface area contributed by atoms with Crippen molar-refractivity contribution in [3.05, 3.63) is 27.7 Å². The molecule has 1 aromatic carbocycles. The zero-order valence-electron chi connectivity index (χ0n) is 9.62. The van der Waals surface area contributed by atoms with Gasteiger partial charge >= 0.3 is 0 Å². The van der Waals surface area contributed by atoms with Crippen LogP contribution in [0.1, 0.15) is 24.0 Å². The van der Waals surface area contributed by atoms with Gasteiger partial charge < -0.3 is 4.84 Å². The van der Waals surface area contributed by atoms with E-state index in [-0.39, 0.29) is 0 Å². The number of hydrogen-bond donors (Lipinski definition) is 0. The number of hydroxylamine groups is 1. The monoisotopic (exact) mass is 301 g/mol. The molecule has 4 heteroatoms. The molecular weight excluding hydrogens is 286 g/mol. The fourth-order valence-electron chi connectivity index (χ4n) is 1.72. The van der Waals surface area contributed by atoms with Gasteiger partial charge in [-0.2, -0.15) is 0 Å². The Kier molecular flexibility index (Phi) is 4.16. The maximum Gasteiger partial charge on any atom is 0.149 e. The Balaban J connectivity index is 2.09. The smallest absolute Gasteiger partial charge is 0.149 e. The molecular formula is C12H16BrNOS. The predicted octanol–water partition coefficient (Wildman–Crippen LogP) is 4.10. The molecule has 2 rings (SSSR count).